The van der Waals surface area contributed by atoms with Crippen LogP contribution in [0.25, 0.3) is 10.8 Å². The van der Waals surface area contributed by atoms with Gasteiger partial charge in [0.1, 0.15) is 4.90 Å². The molecule has 0 amide bonds. The van der Waals surface area contributed by atoms with Gasteiger partial charge in [-0.1, -0.05) is 90.1 Å². The van der Waals surface area contributed by atoms with E-state index in [1.54, 1.807) is 0 Å². The van der Waals surface area contributed by atoms with E-state index in [0.29, 0.717) is 0 Å². The second kappa shape index (κ2) is 9.88. The fraction of sp³-hybridized carbons (Fsp3) is 0.333. The van der Waals surface area contributed by atoms with Gasteiger partial charge in [-0.2, -0.15) is 0 Å². The Kier molecular flexibility index (Phi) is 7.35. The summed E-state index contributed by atoms with van der Waals surface area (Å²) in [7, 11) is -3.86. The lowest BCUT2D eigenvalue weighted by molar-refractivity contribution is 0.291. The molecule has 32 heavy (non-hydrogen) atoms. The molecule has 0 heterocycles. The van der Waals surface area contributed by atoms with Crippen LogP contribution in [0.4, 0.5) is 0 Å². The zero-order chi connectivity index (χ0) is 22.9. The number of hydrogen-bond acceptors (Lipinski definition) is 3. The Morgan fingerprint density at radius 1 is 0.875 bits per heavy atom. The number of nitrogens with one attached hydrogen (secondary N) is 2. The second-order valence-electron chi connectivity index (χ2n) is 8.25. The molecule has 0 aromatic heterocycles. The summed E-state index contributed by atoms with van der Waals surface area (Å²) < 4.78 is 29.1. The number of rotatable bonds is 6. The van der Waals surface area contributed by atoms with E-state index in [9.17, 15) is 8.42 Å². The molecule has 4 nitrogen and oxygen atoms in total. The van der Waals surface area contributed by atoms with Gasteiger partial charge in [-0.15, -0.1) is 0 Å². The molecule has 4 rings (SSSR count). The fourth-order valence-corrected chi connectivity index (χ4v) is 6.78. The highest BCUT2D eigenvalue weighted by Gasteiger charge is 2.32. The lowest BCUT2D eigenvalue weighted by Gasteiger charge is -2.35. The molecular weight excluding hydrogens is 487 g/mol. The summed E-state index contributed by atoms with van der Waals surface area (Å²) >= 11 is 18.2. The molecule has 0 spiro atoms. The summed E-state index contributed by atoms with van der Waals surface area (Å²) in [6.07, 6.45) is 3.64. The molecule has 0 saturated heterocycles. The number of fused-ring (bicyclic) bond motifs is 1. The third-order valence-corrected chi connectivity index (χ3v) is 9.05. The summed E-state index contributed by atoms with van der Waals surface area (Å²) in [5.74, 6) is 0. The van der Waals surface area contributed by atoms with Gasteiger partial charge in [0, 0.05) is 18.1 Å². The van der Waals surface area contributed by atoms with Crippen LogP contribution in [0.2, 0.25) is 15.1 Å². The Hall–Kier alpha value is -1.34. The topological polar surface area (TPSA) is 58.2 Å². The molecule has 0 radical (unpaired) electrons. The Morgan fingerprint density at radius 3 is 2.34 bits per heavy atom. The van der Waals surface area contributed by atoms with Crippen LogP contribution in [0.3, 0.4) is 0 Å². The van der Waals surface area contributed by atoms with Crippen LogP contribution in [0.15, 0.2) is 59.5 Å². The summed E-state index contributed by atoms with van der Waals surface area (Å²) in [6, 6.07) is 17.2. The van der Waals surface area contributed by atoms with E-state index in [2.05, 4.69) is 47.3 Å². The fourth-order valence-electron chi connectivity index (χ4n) is 4.49. The van der Waals surface area contributed by atoms with Gasteiger partial charge in [-0.3, -0.25) is 0 Å². The monoisotopic (exact) mass is 510 g/mol. The van der Waals surface area contributed by atoms with E-state index in [4.69, 9.17) is 34.8 Å². The zero-order valence-corrected chi connectivity index (χ0v) is 20.7. The average molecular weight is 512 g/mol. The Balaban J connectivity index is 1.56. The third kappa shape index (κ3) is 4.93. The highest BCUT2D eigenvalue weighted by molar-refractivity contribution is 7.89. The van der Waals surface area contributed by atoms with Crippen molar-refractivity contribution < 1.29 is 8.42 Å². The molecule has 0 bridgehead atoms. The third-order valence-electron chi connectivity index (χ3n) is 6.12. The van der Waals surface area contributed by atoms with Gasteiger partial charge < -0.3 is 5.32 Å². The van der Waals surface area contributed by atoms with Gasteiger partial charge in [0.05, 0.1) is 15.1 Å². The number of halogens is 3. The minimum Gasteiger partial charge on any atom is -0.306 e. The van der Waals surface area contributed by atoms with Crippen LogP contribution >= 0.6 is 34.8 Å². The van der Waals surface area contributed by atoms with Gasteiger partial charge in [-0.25, -0.2) is 13.1 Å². The number of hydrogen-bond donors (Lipinski definition) is 2. The molecule has 8 heteroatoms. The summed E-state index contributed by atoms with van der Waals surface area (Å²) in [5.41, 5.74) is 1.20. The Bertz CT molecular complexity index is 1230. The maximum absolute atomic E-state index is 13.1. The first-order valence-electron chi connectivity index (χ1n) is 10.7. The van der Waals surface area contributed by atoms with Crippen molar-refractivity contribution in [2.45, 2.75) is 55.6 Å². The van der Waals surface area contributed by atoms with Gasteiger partial charge in [0.2, 0.25) is 10.0 Å². The van der Waals surface area contributed by atoms with Crippen molar-refractivity contribution in [1.82, 2.24) is 10.0 Å². The molecule has 3 aromatic carbocycles. The van der Waals surface area contributed by atoms with Gasteiger partial charge >= 0.3 is 0 Å². The molecule has 3 aromatic rings. The molecule has 1 aliphatic rings. The van der Waals surface area contributed by atoms with Crippen LogP contribution in [-0.4, -0.2) is 20.5 Å². The molecule has 1 aliphatic carbocycles. The van der Waals surface area contributed by atoms with Gasteiger partial charge in [0.15, 0.2) is 0 Å². The maximum Gasteiger partial charge on any atom is 0.242 e. The second-order valence-corrected chi connectivity index (χ2v) is 11.1. The molecule has 170 valence electrons. The van der Waals surface area contributed by atoms with Crippen molar-refractivity contribution in [3.8, 4) is 0 Å². The van der Waals surface area contributed by atoms with E-state index >= 15 is 0 Å². The van der Waals surface area contributed by atoms with E-state index in [0.717, 1.165) is 25.7 Å². The van der Waals surface area contributed by atoms with E-state index < -0.39 is 10.0 Å². The highest BCUT2D eigenvalue weighted by Crippen LogP contribution is 2.35. The van der Waals surface area contributed by atoms with E-state index in [1.807, 2.05) is 12.1 Å². The first-order valence-corrected chi connectivity index (χ1v) is 13.3. The first-order chi connectivity index (χ1) is 15.3. The maximum atomic E-state index is 13.1. The standard InChI is InChI=1S/C24H25Cl3N2O2S/c1-15(17-10-6-8-16-7-2-3-9-18(16)17)28-20-11-4-5-12-21(20)29-32(30,31)22-14-13-19(25)23(26)24(22)27/h2-3,6-10,13-15,20-21,28-29H,4-5,11-12H2,1H3/t15?,20-,21?/m0/s1. The average Bonchev–Trinajstić information content (AvgIpc) is 2.78. The molecule has 3 atom stereocenters. The molecule has 1 saturated carbocycles. The Morgan fingerprint density at radius 2 is 1.56 bits per heavy atom. The quantitative estimate of drug-likeness (QED) is 0.360. The lowest BCUT2D eigenvalue weighted by atomic mass is 9.89. The molecule has 1 fully saturated rings. The predicted molar refractivity (Wildman–Crippen MR) is 133 cm³/mol. The summed E-state index contributed by atoms with van der Waals surface area (Å²) in [4.78, 5) is -0.0556. The number of sulfonamides is 1. The molecule has 0 aliphatic heterocycles. The van der Waals surface area contributed by atoms with E-state index in [-0.39, 0.29) is 38.1 Å². The van der Waals surface area contributed by atoms with Crippen LogP contribution in [0, 0.1) is 0 Å². The number of benzene rings is 3. The van der Waals surface area contributed by atoms with Crippen molar-refractivity contribution in [3.63, 3.8) is 0 Å². The van der Waals surface area contributed by atoms with Gasteiger partial charge in [-0.05, 0) is 48.2 Å². The molecule has 2 N–H and O–H groups in total. The van der Waals surface area contributed by atoms with Crippen molar-refractivity contribution >= 4 is 55.6 Å². The van der Waals surface area contributed by atoms with Crippen molar-refractivity contribution in [1.29, 1.82) is 0 Å². The van der Waals surface area contributed by atoms with Crippen molar-refractivity contribution in [2.75, 3.05) is 0 Å². The van der Waals surface area contributed by atoms with Crippen molar-refractivity contribution in [2.24, 2.45) is 0 Å². The zero-order valence-electron chi connectivity index (χ0n) is 17.6. The van der Waals surface area contributed by atoms with Crippen LogP contribution < -0.4 is 10.0 Å². The van der Waals surface area contributed by atoms with Gasteiger partial charge in [0.25, 0.3) is 0 Å². The first kappa shape index (κ1) is 23.8. The summed E-state index contributed by atoms with van der Waals surface area (Å²) in [5, 5.41) is 6.27. The minimum absolute atomic E-state index is 0.00552. The molecular formula is C24H25Cl3N2O2S. The smallest absolute Gasteiger partial charge is 0.242 e. The normalized spacial score (nSPS) is 20.4. The largest absolute Gasteiger partial charge is 0.306 e. The minimum atomic E-state index is -3.86. The lowest BCUT2D eigenvalue weighted by Crippen LogP contribution is -2.52. The SMILES string of the molecule is CC(N[C@H]1CCCCC1NS(=O)(=O)c1ccc(Cl)c(Cl)c1Cl)c1cccc2ccccc12. The summed E-state index contributed by atoms with van der Waals surface area (Å²) in [6.45, 7) is 2.12. The molecule has 2 unspecified atom stereocenters. The highest BCUT2D eigenvalue weighted by atomic mass is 35.5. The predicted octanol–water partition coefficient (Wildman–Crippen LogP) is 6.74. The van der Waals surface area contributed by atoms with Crippen LogP contribution in [-0.2, 0) is 10.0 Å². The van der Waals surface area contributed by atoms with Crippen molar-refractivity contribution in [3.05, 3.63) is 75.2 Å². The van der Waals surface area contributed by atoms with Crippen LogP contribution in [0.5, 0.6) is 0 Å². The van der Waals surface area contributed by atoms with E-state index in [1.165, 1.54) is 28.5 Å². The Labute approximate surface area is 204 Å². The van der Waals surface area contributed by atoms with Crippen LogP contribution in [0.1, 0.15) is 44.2 Å².